The van der Waals surface area contributed by atoms with Crippen molar-refractivity contribution in [3.05, 3.63) is 35.9 Å². The predicted molar refractivity (Wildman–Crippen MR) is 115 cm³/mol. The zero-order valence-corrected chi connectivity index (χ0v) is 17.7. The molecule has 0 saturated carbocycles. The number of carbonyl (C=O) groups is 3. The third kappa shape index (κ3) is 3.67. The van der Waals surface area contributed by atoms with E-state index in [4.69, 9.17) is 15.2 Å². The molecule has 0 aliphatic carbocycles. The van der Waals surface area contributed by atoms with Crippen LogP contribution in [0.4, 0.5) is 17.3 Å². The number of benzene rings is 1. The van der Waals surface area contributed by atoms with Gasteiger partial charge in [0.1, 0.15) is 11.6 Å². The van der Waals surface area contributed by atoms with Crippen LogP contribution in [0.5, 0.6) is 11.5 Å². The average molecular weight is 424 g/mol. The van der Waals surface area contributed by atoms with Crippen LogP contribution >= 0.6 is 0 Å². The number of fused-ring (bicyclic) bond motifs is 2. The zero-order chi connectivity index (χ0) is 22.3. The molecule has 9 heteroatoms. The summed E-state index contributed by atoms with van der Waals surface area (Å²) >= 11 is 0. The number of Topliss-reactive ketones (excluding diaryl/α,β-unsaturated/α-hetero) is 1. The van der Waals surface area contributed by atoms with Gasteiger partial charge in [-0.25, -0.2) is 4.98 Å². The van der Waals surface area contributed by atoms with E-state index in [1.807, 2.05) is 6.92 Å². The molecular weight excluding hydrogens is 400 g/mol. The number of pyridine rings is 1. The molecule has 9 nitrogen and oxygen atoms in total. The van der Waals surface area contributed by atoms with Crippen LogP contribution in [-0.2, 0) is 9.59 Å². The summed E-state index contributed by atoms with van der Waals surface area (Å²) in [5.41, 5.74) is 5.56. The van der Waals surface area contributed by atoms with Gasteiger partial charge in [-0.15, -0.1) is 0 Å². The maximum absolute atomic E-state index is 13.2. The van der Waals surface area contributed by atoms with Gasteiger partial charge < -0.3 is 20.1 Å². The Kier molecular flexibility index (Phi) is 5.04. The molecule has 2 N–H and O–H groups in total. The van der Waals surface area contributed by atoms with Crippen molar-refractivity contribution in [1.29, 1.82) is 0 Å². The number of ether oxygens (including phenoxy) is 2. The Morgan fingerprint density at radius 3 is 2.65 bits per heavy atom. The number of rotatable bonds is 5. The van der Waals surface area contributed by atoms with E-state index in [-0.39, 0.29) is 36.5 Å². The highest BCUT2D eigenvalue weighted by molar-refractivity contribution is 6.10. The molecule has 0 bridgehead atoms. The Morgan fingerprint density at radius 1 is 1.16 bits per heavy atom. The maximum Gasteiger partial charge on any atom is 0.272 e. The lowest BCUT2D eigenvalue weighted by molar-refractivity contribution is -0.132. The first-order valence-corrected chi connectivity index (χ1v) is 10.1. The van der Waals surface area contributed by atoms with E-state index in [0.717, 1.165) is 6.42 Å². The molecule has 4 rings (SSSR count). The van der Waals surface area contributed by atoms with Crippen molar-refractivity contribution in [2.75, 3.05) is 35.2 Å². The van der Waals surface area contributed by atoms with Crippen molar-refractivity contribution in [2.24, 2.45) is 0 Å². The number of nitrogens with zero attached hydrogens (tertiary/aromatic N) is 3. The van der Waals surface area contributed by atoms with Crippen LogP contribution in [0.2, 0.25) is 0 Å². The van der Waals surface area contributed by atoms with Crippen molar-refractivity contribution < 1.29 is 23.9 Å². The summed E-state index contributed by atoms with van der Waals surface area (Å²) < 4.78 is 11.2. The molecule has 1 aromatic carbocycles. The van der Waals surface area contributed by atoms with Crippen LogP contribution in [-0.4, -0.2) is 47.9 Å². The van der Waals surface area contributed by atoms with Gasteiger partial charge in [0.2, 0.25) is 0 Å². The summed E-state index contributed by atoms with van der Waals surface area (Å²) in [7, 11) is 0. The summed E-state index contributed by atoms with van der Waals surface area (Å²) in [4.78, 5) is 45.5. The first-order chi connectivity index (χ1) is 14.7. The Balaban J connectivity index is 1.67. The number of hydrogen-bond acceptors (Lipinski definition) is 7. The van der Waals surface area contributed by atoms with Gasteiger partial charge in [-0.1, -0.05) is 6.92 Å². The fourth-order valence-corrected chi connectivity index (χ4v) is 3.69. The van der Waals surface area contributed by atoms with Crippen molar-refractivity contribution in [3.63, 3.8) is 0 Å². The van der Waals surface area contributed by atoms with Gasteiger partial charge >= 0.3 is 0 Å². The van der Waals surface area contributed by atoms with Crippen molar-refractivity contribution in [2.45, 2.75) is 32.8 Å². The molecule has 0 spiro atoms. The van der Waals surface area contributed by atoms with Gasteiger partial charge in [-0.2, -0.15) is 0 Å². The average Bonchev–Trinajstić information content (AvgIpc) is 2.73. The van der Waals surface area contributed by atoms with Crippen molar-refractivity contribution >= 4 is 34.9 Å². The Labute approximate surface area is 179 Å². The first kappa shape index (κ1) is 20.6. The second-order valence-electron chi connectivity index (χ2n) is 8.00. The lowest BCUT2D eigenvalue weighted by Crippen LogP contribution is -2.54. The second-order valence-corrected chi connectivity index (χ2v) is 8.00. The number of nitrogen functional groups attached to an aromatic ring is 1. The number of anilines is 3. The van der Waals surface area contributed by atoms with E-state index >= 15 is 0 Å². The molecule has 0 fully saturated rings. The molecule has 2 aliphatic heterocycles. The van der Waals surface area contributed by atoms with E-state index < -0.39 is 11.5 Å². The number of amides is 2. The summed E-state index contributed by atoms with van der Waals surface area (Å²) in [5, 5.41) is 0. The monoisotopic (exact) mass is 424 g/mol. The summed E-state index contributed by atoms with van der Waals surface area (Å²) in [6.07, 6.45) is 0.768. The van der Waals surface area contributed by atoms with Gasteiger partial charge in [0, 0.05) is 12.1 Å². The third-order valence-corrected chi connectivity index (χ3v) is 5.21. The minimum absolute atomic E-state index is 0.0263. The summed E-state index contributed by atoms with van der Waals surface area (Å²) in [6, 6.07) is 8.15. The molecule has 2 aromatic rings. The van der Waals surface area contributed by atoms with Gasteiger partial charge in [-0.3, -0.25) is 19.3 Å². The molecule has 0 saturated heterocycles. The minimum Gasteiger partial charge on any atom is -0.482 e. The Hall–Kier alpha value is -3.62. The Morgan fingerprint density at radius 2 is 1.90 bits per heavy atom. The third-order valence-electron chi connectivity index (χ3n) is 5.21. The molecule has 2 aliphatic rings. The Bertz CT molecular complexity index is 1080. The SMILES string of the molecule is CCCN1C(=O)COc2ccc(C(=O)CN3C(=O)C(C)(C)Oc4ccc(N)nc43)cc21. The van der Waals surface area contributed by atoms with E-state index in [1.54, 1.807) is 49.1 Å². The molecule has 0 atom stereocenters. The highest BCUT2D eigenvalue weighted by atomic mass is 16.5. The quantitative estimate of drug-likeness (QED) is 0.732. The number of carbonyl (C=O) groups excluding carboxylic acids is 3. The lowest BCUT2D eigenvalue weighted by Gasteiger charge is -2.37. The number of hydrogen-bond donors (Lipinski definition) is 1. The fraction of sp³-hybridized carbons (Fsp3) is 0.364. The molecule has 3 heterocycles. The number of aromatic nitrogens is 1. The van der Waals surface area contributed by atoms with Crippen LogP contribution in [0.3, 0.4) is 0 Å². The van der Waals surface area contributed by atoms with Gasteiger partial charge in [0.05, 0.1) is 12.2 Å². The summed E-state index contributed by atoms with van der Waals surface area (Å²) in [6.45, 7) is 5.50. The predicted octanol–water partition coefficient (Wildman–Crippen LogP) is 2.19. The van der Waals surface area contributed by atoms with E-state index in [2.05, 4.69) is 4.98 Å². The van der Waals surface area contributed by atoms with Crippen LogP contribution < -0.4 is 25.0 Å². The van der Waals surface area contributed by atoms with Gasteiger partial charge in [0.25, 0.3) is 11.8 Å². The van der Waals surface area contributed by atoms with Gasteiger partial charge in [0.15, 0.2) is 29.6 Å². The molecule has 162 valence electrons. The lowest BCUT2D eigenvalue weighted by atomic mass is 10.0. The van der Waals surface area contributed by atoms with E-state index in [1.165, 1.54) is 4.90 Å². The van der Waals surface area contributed by atoms with Gasteiger partial charge in [-0.05, 0) is 50.6 Å². The van der Waals surface area contributed by atoms with E-state index in [9.17, 15) is 14.4 Å². The fourth-order valence-electron chi connectivity index (χ4n) is 3.69. The standard InChI is InChI=1S/C22H24N4O5/c1-4-9-25-14-10-13(5-6-16(14)30-12-19(25)28)15(27)11-26-20-17(7-8-18(23)24-20)31-22(2,3)21(26)29/h5-8,10H,4,9,11-12H2,1-3H3,(H2,23,24). The van der Waals surface area contributed by atoms with Crippen LogP contribution in [0.25, 0.3) is 0 Å². The van der Waals surface area contributed by atoms with E-state index in [0.29, 0.717) is 29.3 Å². The topological polar surface area (TPSA) is 115 Å². The first-order valence-electron chi connectivity index (χ1n) is 10.1. The molecule has 1 aromatic heterocycles. The molecule has 2 amide bonds. The van der Waals surface area contributed by atoms with Crippen LogP contribution in [0.1, 0.15) is 37.6 Å². The number of ketones is 1. The minimum atomic E-state index is -1.15. The number of nitrogens with two attached hydrogens (primary N) is 1. The largest absolute Gasteiger partial charge is 0.482 e. The highest BCUT2D eigenvalue weighted by Crippen LogP contribution is 2.37. The smallest absolute Gasteiger partial charge is 0.272 e. The van der Waals surface area contributed by atoms with Crippen LogP contribution in [0.15, 0.2) is 30.3 Å². The van der Waals surface area contributed by atoms with Crippen molar-refractivity contribution in [3.8, 4) is 11.5 Å². The normalized spacial score (nSPS) is 16.9. The second kappa shape index (κ2) is 7.57. The maximum atomic E-state index is 13.2. The van der Waals surface area contributed by atoms with Crippen LogP contribution in [0, 0.1) is 0 Å². The van der Waals surface area contributed by atoms with Crippen molar-refractivity contribution in [1.82, 2.24) is 4.98 Å². The zero-order valence-electron chi connectivity index (χ0n) is 17.7. The highest BCUT2D eigenvalue weighted by Gasteiger charge is 2.42. The molecule has 0 unspecified atom stereocenters. The molecule has 31 heavy (non-hydrogen) atoms. The molecule has 0 radical (unpaired) electrons. The summed E-state index contributed by atoms with van der Waals surface area (Å²) in [5.74, 6) is 0.499. The molecular formula is C22H24N4O5.